The van der Waals surface area contributed by atoms with Crippen LogP contribution in [-0.4, -0.2) is 9.78 Å². The van der Waals surface area contributed by atoms with E-state index < -0.39 is 0 Å². The van der Waals surface area contributed by atoms with Gasteiger partial charge in [0.2, 0.25) is 0 Å². The second-order valence-electron chi connectivity index (χ2n) is 3.02. The standard InChI is InChI=1S/C8H13FN2/c1-5(2)11-7(4)8(9)6(3)10-11/h5H,1-4H3. The van der Waals surface area contributed by atoms with Crippen molar-refractivity contribution in [3.63, 3.8) is 0 Å². The zero-order valence-electron chi connectivity index (χ0n) is 7.35. The third kappa shape index (κ3) is 1.27. The van der Waals surface area contributed by atoms with Crippen LogP contribution in [0.3, 0.4) is 0 Å². The van der Waals surface area contributed by atoms with Crippen molar-refractivity contribution in [2.45, 2.75) is 33.7 Å². The lowest BCUT2D eigenvalue weighted by Crippen LogP contribution is -2.04. The quantitative estimate of drug-likeness (QED) is 0.609. The molecule has 0 fully saturated rings. The van der Waals surface area contributed by atoms with Crippen molar-refractivity contribution < 1.29 is 4.39 Å². The monoisotopic (exact) mass is 156 g/mol. The van der Waals surface area contributed by atoms with Gasteiger partial charge in [0.05, 0.1) is 11.4 Å². The molecule has 1 heterocycles. The van der Waals surface area contributed by atoms with Crippen molar-refractivity contribution in [1.29, 1.82) is 0 Å². The Hall–Kier alpha value is -0.860. The number of aryl methyl sites for hydroxylation is 1. The first kappa shape index (κ1) is 8.24. The number of hydrogen-bond donors (Lipinski definition) is 0. The zero-order valence-corrected chi connectivity index (χ0v) is 7.35. The van der Waals surface area contributed by atoms with Gasteiger partial charge in [0.15, 0.2) is 5.82 Å². The van der Waals surface area contributed by atoms with Crippen LogP contribution >= 0.6 is 0 Å². The molecule has 0 saturated heterocycles. The van der Waals surface area contributed by atoms with Gasteiger partial charge >= 0.3 is 0 Å². The highest BCUT2D eigenvalue weighted by atomic mass is 19.1. The first-order chi connectivity index (χ1) is 5.04. The Labute approximate surface area is 66.0 Å². The molecular formula is C8H13FN2. The third-order valence-corrected chi connectivity index (χ3v) is 1.73. The van der Waals surface area contributed by atoms with E-state index in [0.717, 1.165) is 0 Å². The molecule has 0 aliphatic carbocycles. The van der Waals surface area contributed by atoms with Gasteiger partial charge in [-0.25, -0.2) is 4.39 Å². The van der Waals surface area contributed by atoms with Crippen LogP contribution in [0.25, 0.3) is 0 Å². The maximum Gasteiger partial charge on any atom is 0.166 e. The van der Waals surface area contributed by atoms with E-state index in [-0.39, 0.29) is 11.9 Å². The Morgan fingerprint density at radius 1 is 1.36 bits per heavy atom. The molecule has 0 N–H and O–H groups in total. The molecule has 0 aliphatic rings. The number of halogens is 1. The number of nitrogens with zero attached hydrogens (tertiary/aromatic N) is 2. The first-order valence-corrected chi connectivity index (χ1v) is 3.75. The van der Waals surface area contributed by atoms with E-state index >= 15 is 0 Å². The fourth-order valence-corrected chi connectivity index (χ4v) is 1.15. The molecule has 0 saturated carbocycles. The molecular weight excluding hydrogens is 143 g/mol. The Kier molecular flexibility index (Phi) is 1.98. The minimum absolute atomic E-state index is 0.182. The predicted molar refractivity (Wildman–Crippen MR) is 42.0 cm³/mol. The summed E-state index contributed by atoms with van der Waals surface area (Å²) in [4.78, 5) is 0. The van der Waals surface area contributed by atoms with Gasteiger partial charge < -0.3 is 0 Å². The fourth-order valence-electron chi connectivity index (χ4n) is 1.15. The topological polar surface area (TPSA) is 17.8 Å². The molecule has 2 nitrogen and oxygen atoms in total. The Bertz CT molecular complexity index is 263. The van der Waals surface area contributed by atoms with Gasteiger partial charge in [-0.3, -0.25) is 4.68 Å². The van der Waals surface area contributed by atoms with Crippen LogP contribution in [0.2, 0.25) is 0 Å². The van der Waals surface area contributed by atoms with E-state index in [9.17, 15) is 4.39 Å². The van der Waals surface area contributed by atoms with E-state index in [4.69, 9.17) is 0 Å². The molecule has 0 atom stereocenters. The molecule has 11 heavy (non-hydrogen) atoms. The average molecular weight is 156 g/mol. The normalized spacial score (nSPS) is 11.1. The largest absolute Gasteiger partial charge is 0.264 e. The number of hydrogen-bond acceptors (Lipinski definition) is 1. The summed E-state index contributed by atoms with van der Waals surface area (Å²) >= 11 is 0. The van der Waals surface area contributed by atoms with Gasteiger partial charge in [0, 0.05) is 6.04 Å². The second kappa shape index (κ2) is 2.64. The van der Waals surface area contributed by atoms with Gasteiger partial charge in [-0.1, -0.05) is 0 Å². The van der Waals surface area contributed by atoms with Gasteiger partial charge in [-0.05, 0) is 27.7 Å². The van der Waals surface area contributed by atoms with Gasteiger partial charge in [0.25, 0.3) is 0 Å². The molecule has 0 radical (unpaired) electrons. The van der Waals surface area contributed by atoms with Crippen molar-refractivity contribution in [2.75, 3.05) is 0 Å². The van der Waals surface area contributed by atoms with Crippen LogP contribution in [-0.2, 0) is 0 Å². The molecule has 0 amide bonds. The number of aromatic nitrogens is 2. The highest BCUT2D eigenvalue weighted by Crippen LogP contribution is 2.14. The lowest BCUT2D eigenvalue weighted by molar-refractivity contribution is 0.509. The van der Waals surface area contributed by atoms with Crippen LogP contribution in [0.4, 0.5) is 4.39 Å². The molecule has 0 aromatic carbocycles. The summed E-state index contributed by atoms with van der Waals surface area (Å²) in [7, 11) is 0. The van der Waals surface area contributed by atoms with Crippen LogP contribution in [0.5, 0.6) is 0 Å². The van der Waals surface area contributed by atoms with Gasteiger partial charge in [-0.2, -0.15) is 5.10 Å². The minimum atomic E-state index is -0.182. The summed E-state index contributed by atoms with van der Waals surface area (Å²) in [5.74, 6) is -0.182. The molecule has 3 heteroatoms. The van der Waals surface area contributed by atoms with Crippen molar-refractivity contribution in [3.05, 3.63) is 17.2 Å². The molecule has 1 aromatic heterocycles. The second-order valence-corrected chi connectivity index (χ2v) is 3.02. The Balaban J connectivity index is 3.19. The zero-order chi connectivity index (χ0) is 8.59. The van der Waals surface area contributed by atoms with E-state index in [1.165, 1.54) is 0 Å². The van der Waals surface area contributed by atoms with E-state index in [1.807, 2.05) is 13.8 Å². The summed E-state index contributed by atoms with van der Waals surface area (Å²) in [6.45, 7) is 7.40. The van der Waals surface area contributed by atoms with Crippen LogP contribution in [0.1, 0.15) is 31.3 Å². The molecule has 0 bridgehead atoms. The van der Waals surface area contributed by atoms with Crippen molar-refractivity contribution in [3.8, 4) is 0 Å². The summed E-state index contributed by atoms with van der Waals surface area (Å²) in [5, 5.41) is 4.05. The summed E-state index contributed by atoms with van der Waals surface area (Å²) in [6, 6.07) is 0.234. The predicted octanol–water partition coefficient (Wildman–Crippen LogP) is 2.22. The summed E-state index contributed by atoms with van der Waals surface area (Å²) < 4.78 is 14.7. The van der Waals surface area contributed by atoms with E-state index in [1.54, 1.807) is 18.5 Å². The average Bonchev–Trinajstić information content (AvgIpc) is 2.17. The fraction of sp³-hybridized carbons (Fsp3) is 0.625. The summed E-state index contributed by atoms with van der Waals surface area (Å²) in [6.07, 6.45) is 0. The smallest absolute Gasteiger partial charge is 0.166 e. The third-order valence-electron chi connectivity index (χ3n) is 1.73. The van der Waals surface area contributed by atoms with Crippen molar-refractivity contribution in [1.82, 2.24) is 9.78 Å². The highest BCUT2D eigenvalue weighted by Gasteiger charge is 2.11. The van der Waals surface area contributed by atoms with Crippen LogP contribution in [0.15, 0.2) is 0 Å². The van der Waals surface area contributed by atoms with Crippen molar-refractivity contribution >= 4 is 0 Å². The lowest BCUT2D eigenvalue weighted by Gasteiger charge is -2.06. The van der Waals surface area contributed by atoms with Crippen molar-refractivity contribution in [2.24, 2.45) is 0 Å². The van der Waals surface area contributed by atoms with Gasteiger partial charge in [0.1, 0.15) is 0 Å². The number of rotatable bonds is 1. The molecule has 1 aromatic rings. The maximum absolute atomic E-state index is 13.0. The van der Waals surface area contributed by atoms with Crippen LogP contribution < -0.4 is 0 Å². The van der Waals surface area contributed by atoms with E-state index in [2.05, 4.69) is 5.10 Å². The van der Waals surface area contributed by atoms with Gasteiger partial charge in [-0.15, -0.1) is 0 Å². The molecule has 62 valence electrons. The van der Waals surface area contributed by atoms with Crippen LogP contribution in [0, 0.1) is 19.7 Å². The SMILES string of the molecule is Cc1nn(C(C)C)c(C)c1F. The maximum atomic E-state index is 13.0. The summed E-state index contributed by atoms with van der Waals surface area (Å²) in [5.41, 5.74) is 1.11. The minimum Gasteiger partial charge on any atom is -0.264 e. The highest BCUT2D eigenvalue weighted by molar-refractivity contribution is 5.11. The molecule has 0 spiro atoms. The first-order valence-electron chi connectivity index (χ1n) is 3.75. The molecule has 0 aliphatic heterocycles. The van der Waals surface area contributed by atoms with E-state index in [0.29, 0.717) is 11.4 Å². The lowest BCUT2D eigenvalue weighted by atomic mass is 10.3. The Morgan fingerprint density at radius 2 is 1.91 bits per heavy atom. The molecule has 1 rings (SSSR count). The Morgan fingerprint density at radius 3 is 2.09 bits per heavy atom. The molecule has 0 unspecified atom stereocenters.